The highest BCUT2D eigenvalue weighted by Crippen LogP contribution is 2.38. The molecule has 0 radical (unpaired) electrons. The highest BCUT2D eigenvalue weighted by atomic mass is 35.5. The number of aromatic hydroxyl groups is 3. The predicted octanol–water partition coefficient (Wildman–Crippen LogP) is 15.7. The van der Waals surface area contributed by atoms with Crippen LogP contribution < -0.4 is 31.9 Å². The molecule has 9 aromatic rings. The maximum atomic E-state index is 13.0. The number of anilines is 6. The van der Waals surface area contributed by atoms with Crippen LogP contribution in [-0.2, 0) is 43.9 Å². The number of hydrogen-bond acceptors (Lipinski definition) is 15. The molecule has 0 saturated carbocycles. The SMILES string of the molecule is CCC(C(=O)Nc1cc(O)c(NC(=O)c2ccc(C)cc2)cc1Cl)S(=O)(=O)c1cccc(C)c1.CCC(C(=O)Nc1cc(O)c(NC(=O)c2ccc(Cl)c(Cl)c2)cc1Cl)S(=O)(=O)c1cccc(C)c1.CCC(C(=O)Nc1ccc(NC(=O)c2cccc(C)c2)c(O)c1)S(=O)(=O)c1cccc(C)c1. The molecular weight excluding hydrogens is 1450 g/mol. The molecule has 9 N–H and O–H groups in total. The van der Waals surface area contributed by atoms with E-state index in [0.717, 1.165) is 39.9 Å². The summed E-state index contributed by atoms with van der Waals surface area (Å²) < 4.78 is 78.2. The van der Waals surface area contributed by atoms with Crippen LogP contribution in [0.4, 0.5) is 34.1 Å². The number of hydrogen-bond donors (Lipinski definition) is 9. The first-order valence-corrected chi connectivity index (χ1v) is 37.5. The second-order valence-corrected chi connectivity index (χ2v) is 31.4. The number of phenols is 3. The van der Waals surface area contributed by atoms with Crippen molar-refractivity contribution in [2.75, 3.05) is 31.9 Å². The summed E-state index contributed by atoms with van der Waals surface area (Å²) in [4.78, 5) is 76.1. The first-order valence-electron chi connectivity index (χ1n) is 31.3. The number of amides is 6. The molecule has 0 fully saturated rings. The standard InChI is InChI=1S/C25H25ClN2O5S.C25H26N2O5S.C24H21Cl3N2O5S/c1-4-23(34(32,33)18-7-5-6-16(3)12-18)25(31)27-20-14-22(29)21(13-19(20)26)28-24(30)17-10-8-15(2)9-11-17;1-4-23(33(31,32)20-10-6-8-17(3)14-20)25(30)26-19-11-12-21(22(28)15-19)27-24(29)18-9-5-7-16(2)13-18;1-3-22(35(33,34)15-6-4-5-13(2)9-15)24(32)28-19-12-21(30)20(11-18(19)27)29-23(31)14-7-8-16(25)17(26)10-14/h5-14,23,29H,4H2,1-3H3,(H,27,31)(H,28,30);5-15,23,28H,4H2,1-3H3,(H,26,30)(H,27,29);4-12,22,30H,3H2,1-2H3,(H,28,32)(H,29,31). The minimum absolute atomic E-state index is 0.0143. The van der Waals surface area contributed by atoms with Gasteiger partial charge in [-0.1, -0.05) is 139 Å². The van der Waals surface area contributed by atoms with Crippen LogP contribution in [0.1, 0.15) is 98.9 Å². The zero-order chi connectivity index (χ0) is 75.1. The van der Waals surface area contributed by atoms with Crippen molar-refractivity contribution in [3.05, 3.63) is 247 Å². The monoisotopic (exact) mass is 1520 g/mol. The number of aryl methyl sites for hydroxylation is 5. The van der Waals surface area contributed by atoms with Gasteiger partial charge in [0.05, 0.1) is 63.2 Å². The van der Waals surface area contributed by atoms with E-state index < -0.39 is 80.5 Å². The van der Waals surface area contributed by atoms with Crippen LogP contribution in [0.2, 0.25) is 20.1 Å². The summed E-state index contributed by atoms with van der Waals surface area (Å²) in [5, 5.41) is 42.8. The van der Waals surface area contributed by atoms with Gasteiger partial charge < -0.3 is 47.2 Å². The van der Waals surface area contributed by atoms with E-state index in [-0.39, 0.29) is 111 Å². The largest absolute Gasteiger partial charge is 0.506 e. The summed E-state index contributed by atoms with van der Waals surface area (Å²) >= 11 is 24.3. The molecular formula is C74H72Cl4N6O15S3. The van der Waals surface area contributed by atoms with E-state index in [2.05, 4.69) is 31.9 Å². The molecule has 0 bridgehead atoms. The minimum Gasteiger partial charge on any atom is -0.506 e. The smallest absolute Gasteiger partial charge is 0.255 e. The van der Waals surface area contributed by atoms with Gasteiger partial charge in [-0.25, -0.2) is 25.3 Å². The van der Waals surface area contributed by atoms with Crippen molar-refractivity contribution >= 4 is 145 Å². The summed E-state index contributed by atoms with van der Waals surface area (Å²) in [6.07, 6.45) is 0.138. The maximum Gasteiger partial charge on any atom is 0.255 e. The van der Waals surface area contributed by atoms with Gasteiger partial charge in [0.2, 0.25) is 17.7 Å². The molecule has 3 atom stereocenters. The van der Waals surface area contributed by atoms with Gasteiger partial charge in [0.25, 0.3) is 17.7 Å². The highest BCUT2D eigenvalue weighted by Gasteiger charge is 2.36. The third kappa shape index (κ3) is 20.3. The average molecular weight is 1520 g/mol. The van der Waals surface area contributed by atoms with E-state index in [0.29, 0.717) is 11.1 Å². The van der Waals surface area contributed by atoms with Crippen LogP contribution in [0.15, 0.2) is 197 Å². The molecule has 28 heteroatoms. The quantitative estimate of drug-likeness (QED) is 0.0302. The molecule has 102 heavy (non-hydrogen) atoms. The van der Waals surface area contributed by atoms with E-state index in [1.165, 1.54) is 84.9 Å². The fourth-order valence-electron chi connectivity index (χ4n) is 10.1. The molecule has 9 rings (SSSR count). The number of rotatable bonds is 21. The van der Waals surface area contributed by atoms with Crippen molar-refractivity contribution in [3.8, 4) is 17.2 Å². The molecule has 0 aromatic heterocycles. The van der Waals surface area contributed by atoms with Crippen LogP contribution in [0.3, 0.4) is 0 Å². The predicted molar refractivity (Wildman–Crippen MR) is 400 cm³/mol. The lowest BCUT2D eigenvalue weighted by atomic mass is 10.1. The van der Waals surface area contributed by atoms with E-state index in [9.17, 15) is 69.3 Å². The average Bonchev–Trinajstić information content (AvgIpc) is 0.806. The molecule has 9 aromatic carbocycles. The third-order valence-electron chi connectivity index (χ3n) is 15.5. The minimum atomic E-state index is -3.97. The van der Waals surface area contributed by atoms with Gasteiger partial charge in [0.1, 0.15) is 33.0 Å². The first-order chi connectivity index (χ1) is 48.1. The van der Waals surface area contributed by atoms with E-state index >= 15 is 0 Å². The number of phenolic OH excluding ortho intramolecular Hbond substituents is 3. The van der Waals surface area contributed by atoms with E-state index in [4.69, 9.17) is 46.4 Å². The third-order valence-corrected chi connectivity index (χ3v) is 23.5. The summed E-state index contributed by atoms with van der Waals surface area (Å²) in [6, 6.07) is 46.2. The molecule has 0 spiro atoms. The Morgan fingerprint density at radius 1 is 0.324 bits per heavy atom. The zero-order valence-electron chi connectivity index (χ0n) is 56.2. The summed E-state index contributed by atoms with van der Waals surface area (Å²) in [6.45, 7) is 13.9. The summed E-state index contributed by atoms with van der Waals surface area (Å²) in [5.41, 5.74) is 5.65. The first kappa shape index (κ1) is 79.5. The lowest BCUT2D eigenvalue weighted by molar-refractivity contribution is -0.116. The molecule has 0 aliphatic heterocycles. The second-order valence-electron chi connectivity index (χ2n) is 23.4. The van der Waals surface area contributed by atoms with Gasteiger partial charge >= 0.3 is 0 Å². The topological polar surface area (TPSA) is 338 Å². The normalized spacial score (nSPS) is 12.1. The molecule has 6 amide bonds. The molecule has 534 valence electrons. The Labute approximate surface area is 611 Å². The number of carbonyl (C=O) groups excluding carboxylic acids is 6. The van der Waals surface area contributed by atoms with Crippen molar-refractivity contribution in [3.63, 3.8) is 0 Å². The van der Waals surface area contributed by atoms with Crippen LogP contribution in [0.25, 0.3) is 0 Å². The van der Waals surface area contributed by atoms with Gasteiger partial charge in [-0.3, -0.25) is 28.8 Å². The van der Waals surface area contributed by atoms with Crippen molar-refractivity contribution in [1.82, 2.24) is 0 Å². The molecule has 0 aliphatic carbocycles. The van der Waals surface area contributed by atoms with Crippen LogP contribution in [-0.4, -0.2) is 91.8 Å². The number of sulfone groups is 3. The molecule has 0 saturated heterocycles. The Morgan fingerprint density at radius 2 is 0.676 bits per heavy atom. The Kier molecular flexibility index (Phi) is 27.1. The van der Waals surface area contributed by atoms with Crippen molar-refractivity contribution in [2.24, 2.45) is 0 Å². The summed E-state index contributed by atoms with van der Waals surface area (Å²) in [7, 11) is -11.8. The van der Waals surface area contributed by atoms with Crippen molar-refractivity contribution in [1.29, 1.82) is 0 Å². The summed E-state index contributed by atoms with van der Waals surface area (Å²) in [5.74, 6) is -4.69. The van der Waals surface area contributed by atoms with Crippen LogP contribution >= 0.6 is 46.4 Å². The number of halogens is 4. The lowest BCUT2D eigenvalue weighted by Gasteiger charge is -2.18. The fourth-order valence-corrected chi connectivity index (χ4v) is 16.0. The van der Waals surface area contributed by atoms with Crippen molar-refractivity contribution < 1.29 is 69.3 Å². The number of nitrogens with one attached hydrogen (secondary N) is 6. The van der Waals surface area contributed by atoms with Crippen LogP contribution in [0.5, 0.6) is 17.2 Å². The Bertz CT molecular complexity index is 5040. The maximum absolute atomic E-state index is 13.0. The van der Waals surface area contributed by atoms with Gasteiger partial charge in [0, 0.05) is 40.6 Å². The second kappa shape index (κ2) is 34.7. The van der Waals surface area contributed by atoms with Gasteiger partial charge in [-0.15, -0.1) is 0 Å². The van der Waals surface area contributed by atoms with Crippen molar-refractivity contribution in [2.45, 2.75) is 105 Å². The van der Waals surface area contributed by atoms with E-state index in [1.807, 2.05) is 19.9 Å². The Hall–Kier alpha value is -9.79. The van der Waals surface area contributed by atoms with Crippen LogP contribution in [0, 0.1) is 34.6 Å². The Balaban J connectivity index is 0.000000215. The van der Waals surface area contributed by atoms with Gasteiger partial charge in [-0.05, 0) is 174 Å². The molecule has 0 aliphatic rings. The zero-order valence-corrected chi connectivity index (χ0v) is 61.6. The fraction of sp³-hybridized carbons (Fsp3) is 0.189. The Morgan fingerprint density at radius 3 is 1.06 bits per heavy atom. The molecule has 3 unspecified atom stereocenters. The number of benzene rings is 9. The van der Waals surface area contributed by atoms with E-state index in [1.54, 1.807) is 120 Å². The molecule has 21 nitrogen and oxygen atoms in total. The van der Waals surface area contributed by atoms with Gasteiger partial charge in [-0.2, -0.15) is 0 Å². The molecule has 0 heterocycles. The lowest BCUT2D eigenvalue weighted by Crippen LogP contribution is -2.34. The number of carbonyl (C=O) groups is 6. The highest BCUT2D eigenvalue weighted by molar-refractivity contribution is 7.93. The van der Waals surface area contributed by atoms with Gasteiger partial charge in [0.15, 0.2) is 29.5 Å².